The molecule has 3 heteroatoms. The van der Waals surface area contributed by atoms with E-state index in [0.717, 1.165) is 6.42 Å². The van der Waals surface area contributed by atoms with Gasteiger partial charge in [-0.25, -0.2) is 0 Å². The van der Waals surface area contributed by atoms with E-state index >= 15 is 0 Å². The van der Waals surface area contributed by atoms with Crippen molar-refractivity contribution in [2.24, 2.45) is 0 Å². The third kappa shape index (κ3) is 3.14. The zero-order valence-electron chi connectivity index (χ0n) is 17.3. The summed E-state index contributed by atoms with van der Waals surface area (Å²) >= 11 is -4.52. The molecule has 3 rings (SSSR count). The zero-order valence-corrected chi connectivity index (χ0v) is 21.4. The van der Waals surface area contributed by atoms with Gasteiger partial charge in [0.2, 0.25) is 0 Å². The van der Waals surface area contributed by atoms with Gasteiger partial charge >= 0.3 is 164 Å². The molecule has 0 unspecified atom stereocenters. The summed E-state index contributed by atoms with van der Waals surface area (Å²) in [6.45, 7) is 9.83. The molecule has 1 nitrogen and oxygen atoms in total. The molecule has 0 N–H and O–H groups in total. The molecule has 2 aromatic rings. The topological polar surface area (TPSA) is 9.23 Å². The molecular formula is C23H34Ge2O. The molecule has 1 saturated heterocycles. The standard InChI is InChI=1S/C23H34Ge2O/c1-19(2)25(20(3)4)24(5,6)18-17-23(26-25,21-13-9-7-10-14-21)22-15-11-8-12-16-22/h7-16,19-20H,17-18H2,1-6H3. The SMILES string of the molecule is C[CH](C)[Ge]1([CH](C)C)[O]C(c2ccccc2)(c2ccccc2)C[CH2][Ge]1([CH3])[CH3]. The van der Waals surface area contributed by atoms with Crippen molar-refractivity contribution in [1.29, 1.82) is 0 Å². The van der Waals surface area contributed by atoms with Crippen LogP contribution in [0.25, 0.3) is 0 Å². The first-order chi connectivity index (χ1) is 12.3. The van der Waals surface area contributed by atoms with Gasteiger partial charge in [-0.05, 0) is 0 Å². The Kier molecular flexibility index (Phi) is 5.82. The minimum absolute atomic E-state index is 0.252. The molecule has 1 heterocycles. The molecule has 2 aromatic carbocycles. The summed E-state index contributed by atoms with van der Waals surface area (Å²) in [5.74, 6) is 5.33. The third-order valence-electron chi connectivity index (χ3n) is 6.70. The van der Waals surface area contributed by atoms with E-state index in [1.165, 1.54) is 16.4 Å². The molecule has 0 saturated carbocycles. The summed E-state index contributed by atoms with van der Waals surface area (Å²) in [4.78, 5) is 0. The van der Waals surface area contributed by atoms with Crippen LogP contribution in [0.3, 0.4) is 0 Å². The van der Waals surface area contributed by atoms with Gasteiger partial charge in [-0.1, -0.05) is 0 Å². The molecule has 0 bridgehead atoms. The Morgan fingerprint density at radius 1 is 0.769 bits per heavy atom. The third-order valence-corrected chi connectivity index (χ3v) is 62.4. The predicted molar refractivity (Wildman–Crippen MR) is 118 cm³/mol. The van der Waals surface area contributed by atoms with Gasteiger partial charge in [-0.3, -0.25) is 0 Å². The number of hydrogen-bond donors (Lipinski definition) is 0. The first-order valence-electron chi connectivity index (χ1n) is 10.1. The van der Waals surface area contributed by atoms with Crippen molar-refractivity contribution in [1.82, 2.24) is 0 Å². The van der Waals surface area contributed by atoms with E-state index in [0.29, 0.717) is 9.50 Å². The summed E-state index contributed by atoms with van der Waals surface area (Å²) in [7, 11) is 0. The molecule has 26 heavy (non-hydrogen) atoms. The van der Waals surface area contributed by atoms with Gasteiger partial charge in [0.15, 0.2) is 0 Å². The Morgan fingerprint density at radius 3 is 1.58 bits per heavy atom. The monoisotopic (exact) mass is 474 g/mol. The Labute approximate surface area is 164 Å². The van der Waals surface area contributed by atoms with E-state index in [4.69, 9.17) is 3.76 Å². The number of benzene rings is 2. The van der Waals surface area contributed by atoms with Crippen molar-refractivity contribution in [3.05, 3.63) is 71.8 Å². The van der Waals surface area contributed by atoms with Crippen LogP contribution in [0.5, 0.6) is 0 Å². The van der Waals surface area contributed by atoms with Crippen LogP contribution in [0.2, 0.25) is 26.3 Å². The van der Waals surface area contributed by atoms with Crippen LogP contribution in [0, 0.1) is 0 Å². The maximum atomic E-state index is 7.64. The molecule has 0 aromatic heterocycles. The van der Waals surface area contributed by atoms with Crippen LogP contribution in [0.15, 0.2) is 60.7 Å². The molecule has 0 radical (unpaired) electrons. The summed E-state index contributed by atoms with van der Waals surface area (Å²) in [6.07, 6.45) is 1.14. The van der Waals surface area contributed by atoms with Gasteiger partial charge in [0.1, 0.15) is 0 Å². The predicted octanol–water partition coefficient (Wildman–Crippen LogP) is 6.90. The summed E-state index contributed by atoms with van der Waals surface area (Å²) in [5.41, 5.74) is 2.44. The second kappa shape index (κ2) is 7.48. The first-order valence-corrected chi connectivity index (χ1v) is 25.5. The van der Waals surface area contributed by atoms with Gasteiger partial charge in [-0.15, -0.1) is 0 Å². The van der Waals surface area contributed by atoms with E-state index in [-0.39, 0.29) is 5.60 Å². The van der Waals surface area contributed by atoms with E-state index in [1.54, 1.807) is 0 Å². The Hall–Kier alpha value is -0.514. The normalized spacial score (nSPS) is 21.1. The molecule has 0 atom stereocenters. The number of rotatable bonds is 4. The molecule has 1 aliphatic heterocycles. The molecule has 140 valence electrons. The Balaban J connectivity index is 2.24. The fourth-order valence-electron chi connectivity index (χ4n) is 5.61. The van der Waals surface area contributed by atoms with Crippen molar-refractivity contribution >= 4 is 22.9 Å². The van der Waals surface area contributed by atoms with Crippen LogP contribution < -0.4 is 0 Å². The second-order valence-electron chi connectivity index (χ2n) is 9.15. The maximum absolute atomic E-state index is 7.64. The van der Waals surface area contributed by atoms with Crippen LogP contribution in [-0.2, 0) is 9.36 Å². The molecular weight excluding hydrogens is 437 g/mol. The average Bonchev–Trinajstić information content (AvgIpc) is 2.63. The van der Waals surface area contributed by atoms with Crippen molar-refractivity contribution in [2.45, 2.75) is 66.0 Å². The molecule has 1 fully saturated rings. The van der Waals surface area contributed by atoms with E-state index in [2.05, 4.69) is 99.9 Å². The van der Waals surface area contributed by atoms with E-state index < -0.39 is 22.9 Å². The van der Waals surface area contributed by atoms with Crippen LogP contribution in [-0.4, -0.2) is 22.9 Å². The Morgan fingerprint density at radius 2 is 1.19 bits per heavy atom. The summed E-state index contributed by atoms with van der Waals surface area (Å²) in [5, 5.41) is 1.42. The fourth-order valence-corrected chi connectivity index (χ4v) is 65.9. The van der Waals surface area contributed by atoms with Gasteiger partial charge in [0, 0.05) is 0 Å². The molecule has 1 aliphatic rings. The second-order valence-corrected chi connectivity index (χ2v) is 50.0. The van der Waals surface area contributed by atoms with E-state index in [9.17, 15) is 0 Å². The zero-order chi connectivity index (χ0) is 19.0. The molecule has 0 amide bonds. The van der Waals surface area contributed by atoms with Crippen molar-refractivity contribution < 1.29 is 3.76 Å². The van der Waals surface area contributed by atoms with Crippen LogP contribution in [0.4, 0.5) is 0 Å². The quantitative estimate of drug-likeness (QED) is 0.441. The van der Waals surface area contributed by atoms with Gasteiger partial charge < -0.3 is 0 Å². The van der Waals surface area contributed by atoms with Crippen LogP contribution in [0.1, 0.15) is 45.2 Å². The van der Waals surface area contributed by atoms with Gasteiger partial charge in [0.25, 0.3) is 0 Å². The van der Waals surface area contributed by atoms with Crippen molar-refractivity contribution in [2.75, 3.05) is 0 Å². The first kappa shape index (κ1) is 20.2. The average molecular weight is 472 g/mol. The minimum atomic E-state index is -2.54. The van der Waals surface area contributed by atoms with Gasteiger partial charge in [0.05, 0.1) is 0 Å². The van der Waals surface area contributed by atoms with E-state index in [1.807, 2.05) is 0 Å². The fraction of sp³-hybridized carbons (Fsp3) is 0.478. The van der Waals surface area contributed by atoms with Crippen molar-refractivity contribution in [3.63, 3.8) is 0 Å². The van der Waals surface area contributed by atoms with Crippen LogP contribution >= 0.6 is 0 Å². The molecule has 0 spiro atoms. The summed E-state index contributed by atoms with van der Waals surface area (Å²) in [6, 6.07) is 22.1. The molecule has 0 aliphatic carbocycles. The van der Waals surface area contributed by atoms with Gasteiger partial charge in [-0.2, -0.15) is 0 Å². The number of hydrogen-bond acceptors (Lipinski definition) is 1. The van der Waals surface area contributed by atoms with Crippen molar-refractivity contribution in [3.8, 4) is 0 Å². The summed E-state index contributed by atoms with van der Waals surface area (Å²) < 4.78 is 9.05. The Bertz CT molecular complexity index is 675.